The molecule has 2 amide bonds. The molecule has 6 nitrogen and oxygen atoms in total. The predicted octanol–water partition coefficient (Wildman–Crippen LogP) is 0.472. The van der Waals surface area contributed by atoms with E-state index in [4.69, 9.17) is 0 Å². The van der Waals surface area contributed by atoms with Gasteiger partial charge in [0.25, 0.3) is 5.91 Å². The summed E-state index contributed by atoms with van der Waals surface area (Å²) in [6.45, 7) is 1.54. The Balaban J connectivity index is 2.11. The Labute approximate surface area is 110 Å². The highest BCUT2D eigenvalue weighted by molar-refractivity contribution is 6.02. The molecule has 2 rings (SSSR count). The van der Waals surface area contributed by atoms with E-state index in [0.29, 0.717) is 17.7 Å². The Morgan fingerprint density at radius 2 is 2.16 bits per heavy atom. The highest BCUT2D eigenvalue weighted by Gasteiger charge is 2.21. The first-order valence-corrected chi connectivity index (χ1v) is 5.82. The number of esters is 1. The molecule has 1 aliphatic rings. The Morgan fingerprint density at radius 3 is 2.84 bits per heavy atom. The largest absolute Gasteiger partial charge is 0.467 e. The minimum Gasteiger partial charge on any atom is -0.467 e. The molecule has 0 saturated heterocycles. The maximum Gasteiger partial charge on any atom is 0.328 e. The van der Waals surface area contributed by atoms with Crippen molar-refractivity contribution in [2.24, 2.45) is 0 Å². The maximum absolute atomic E-state index is 11.9. The maximum atomic E-state index is 11.9. The van der Waals surface area contributed by atoms with Gasteiger partial charge in [0.05, 0.1) is 13.5 Å². The van der Waals surface area contributed by atoms with E-state index in [9.17, 15) is 14.4 Å². The number of hydrogen-bond donors (Lipinski definition) is 2. The van der Waals surface area contributed by atoms with Crippen molar-refractivity contribution in [1.82, 2.24) is 5.32 Å². The molecule has 6 heteroatoms. The van der Waals surface area contributed by atoms with Crippen molar-refractivity contribution >= 4 is 23.5 Å². The normalized spacial score (nSPS) is 14.3. The Bertz CT molecular complexity index is 554. The van der Waals surface area contributed by atoms with Crippen LogP contribution in [0.25, 0.3) is 0 Å². The number of nitrogens with one attached hydrogen (secondary N) is 2. The molecule has 19 heavy (non-hydrogen) atoms. The van der Waals surface area contributed by atoms with Crippen LogP contribution in [0.3, 0.4) is 0 Å². The van der Waals surface area contributed by atoms with Crippen molar-refractivity contribution in [3.63, 3.8) is 0 Å². The second-order valence-corrected chi connectivity index (χ2v) is 4.32. The van der Waals surface area contributed by atoms with E-state index in [-0.39, 0.29) is 11.8 Å². The first-order chi connectivity index (χ1) is 9.01. The van der Waals surface area contributed by atoms with Gasteiger partial charge >= 0.3 is 5.97 Å². The zero-order chi connectivity index (χ0) is 14.0. The van der Waals surface area contributed by atoms with Gasteiger partial charge < -0.3 is 15.4 Å². The summed E-state index contributed by atoms with van der Waals surface area (Å²) >= 11 is 0. The summed E-state index contributed by atoms with van der Waals surface area (Å²) in [5, 5.41) is 5.19. The van der Waals surface area contributed by atoms with E-state index >= 15 is 0 Å². The molecule has 1 unspecified atom stereocenters. The monoisotopic (exact) mass is 262 g/mol. The first kappa shape index (κ1) is 13.1. The summed E-state index contributed by atoms with van der Waals surface area (Å²) in [6.07, 6.45) is 0.329. The van der Waals surface area contributed by atoms with E-state index in [1.165, 1.54) is 7.11 Å². The Morgan fingerprint density at radius 1 is 1.42 bits per heavy atom. The van der Waals surface area contributed by atoms with Crippen LogP contribution in [0.2, 0.25) is 0 Å². The average molecular weight is 262 g/mol. The van der Waals surface area contributed by atoms with Crippen LogP contribution in [0, 0.1) is 0 Å². The zero-order valence-corrected chi connectivity index (χ0v) is 10.6. The molecule has 1 heterocycles. The van der Waals surface area contributed by atoms with Gasteiger partial charge in [-0.2, -0.15) is 0 Å². The van der Waals surface area contributed by atoms with E-state index in [1.807, 2.05) is 0 Å². The number of carbonyl (C=O) groups is 3. The quantitative estimate of drug-likeness (QED) is 0.776. The van der Waals surface area contributed by atoms with Crippen molar-refractivity contribution in [3.05, 3.63) is 29.3 Å². The van der Waals surface area contributed by atoms with Gasteiger partial charge in [0.15, 0.2) is 0 Å². The van der Waals surface area contributed by atoms with E-state index in [1.54, 1.807) is 25.1 Å². The van der Waals surface area contributed by atoms with Crippen LogP contribution in [0.15, 0.2) is 18.2 Å². The van der Waals surface area contributed by atoms with Crippen LogP contribution in [0.1, 0.15) is 22.8 Å². The van der Waals surface area contributed by atoms with Gasteiger partial charge in [-0.05, 0) is 24.6 Å². The second-order valence-electron chi connectivity index (χ2n) is 4.32. The summed E-state index contributed by atoms with van der Waals surface area (Å²) in [5.74, 6) is -0.986. The lowest BCUT2D eigenvalue weighted by Crippen LogP contribution is -2.39. The first-order valence-electron chi connectivity index (χ1n) is 5.82. The van der Waals surface area contributed by atoms with Gasteiger partial charge in [0.1, 0.15) is 6.04 Å². The summed E-state index contributed by atoms with van der Waals surface area (Å²) in [5.41, 5.74) is 1.89. The van der Waals surface area contributed by atoms with Gasteiger partial charge in [-0.3, -0.25) is 9.59 Å². The van der Waals surface area contributed by atoms with Gasteiger partial charge in [-0.25, -0.2) is 4.79 Å². The number of hydrogen-bond acceptors (Lipinski definition) is 4. The molecular formula is C13H14N2O4. The summed E-state index contributed by atoms with van der Waals surface area (Å²) in [4.78, 5) is 34.4. The zero-order valence-electron chi connectivity index (χ0n) is 10.6. The smallest absolute Gasteiger partial charge is 0.328 e. The molecule has 0 bridgehead atoms. The number of benzene rings is 1. The van der Waals surface area contributed by atoms with Crippen molar-refractivity contribution in [2.45, 2.75) is 19.4 Å². The molecule has 1 aromatic rings. The number of anilines is 1. The van der Waals surface area contributed by atoms with Gasteiger partial charge in [-0.15, -0.1) is 0 Å². The van der Waals surface area contributed by atoms with Crippen LogP contribution in [-0.4, -0.2) is 30.9 Å². The summed E-state index contributed by atoms with van der Waals surface area (Å²) in [6, 6.07) is 4.23. The molecule has 0 aliphatic carbocycles. The third-order valence-corrected chi connectivity index (χ3v) is 2.90. The fraction of sp³-hybridized carbons (Fsp3) is 0.308. The Hall–Kier alpha value is -2.37. The number of methoxy groups -OCH3 is 1. The van der Waals surface area contributed by atoms with Crippen LogP contribution >= 0.6 is 0 Å². The lowest BCUT2D eigenvalue weighted by molar-refractivity contribution is -0.142. The van der Waals surface area contributed by atoms with Crippen LogP contribution in [0.5, 0.6) is 0 Å². The molecule has 0 radical (unpaired) electrons. The van der Waals surface area contributed by atoms with Crippen molar-refractivity contribution in [1.29, 1.82) is 0 Å². The van der Waals surface area contributed by atoms with Gasteiger partial charge in [0.2, 0.25) is 5.91 Å². The number of carbonyl (C=O) groups excluding carboxylic acids is 3. The number of ether oxygens (including phenoxy) is 1. The third kappa shape index (κ3) is 2.73. The van der Waals surface area contributed by atoms with Crippen molar-refractivity contribution in [3.8, 4) is 0 Å². The topological polar surface area (TPSA) is 84.5 Å². The molecule has 0 fully saturated rings. The average Bonchev–Trinajstić information content (AvgIpc) is 2.76. The van der Waals surface area contributed by atoms with Crippen molar-refractivity contribution < 1.29 is 19.1 Å². The fourth-order valence-corrected chi connectivity index (χ4v) is 1.87. The van der Waals surface area contributed by atoms with Gasteiger partial charge in [-0.1, -0.05) is 6.07 Å². The molecule has 0 aromatic heterocycles. The minimum atomic E-state index is -0.722. The summed E-state index contributed by atoms with van der Waals surface area (Å²) in [7, 11) is 1.26. The van der Waals surface area contributed by atoms with Crippen LogP contribution < -0.4 is 10.6 Å². The van der Waals surface area contributed by atoms with E-state index < -0.39 is 12.0 Å². The van der Waals surface area contributed by atoms with Crippen molar-refractivity contribution in [2.75, 3.05) is 12.4 Å². The highest BCUT2D eigenvalue weighted by Crippen LogP contribution is 2.23. The molecule has 2 N–H and O–H groups in total. The lowest BCUT2D eigenvalue weighted by Gasteiger charge is -2.12. The standard InChI is InChI=1S/C13H14N2O4/c1-7(13(18)19-2)14-12(17)9-4-3-8-6-11(16)15-10(8)5-9/h3-5,7H,6H2,1-2H3,(H,14,17)(H,15,16). The molecule has 100 valence electrons. The second kappa shape index (κ2) is 5.09. The van der Waals surface area contributed by atoms with Crippen LogP contribution in [0.4, 0.5) is 5.69 Å². The SMILES string of the molecule is COC(=O)C(C)NC(=O)c1ccc2c(c1)NC(=O)C2. The number of fused-ring (bicyclic) bond motifs is 1. The molecule has 1 aliphatic heterocycles. The third-order valence-electron chi connectivity index (χ3n) is 2.90. The van der Waals surface area contributed by atoms with Gasteiger partial charge in [0, 0.05) is 11.3 Å². The molecular weight excluding hydrogens is 248 g/mol. The number of amides is 2. The Kier molecular flexibility index (Phi) is 3.50. The molecule has 0 spiro atoms. The highest BCUT2D eigenvalue weighted by atomic mass is 16.5. The molecule has 1 atom stereocenters. The fourth-order valence-electron chi connectivity index (χ4n) is 1.87. The summed E-state index contributed by atoms with van der Waals surface area (Å²) < 4.78 is 4.53. The van der Waals surface area contributed by atoms with E-state index in [2.05, 4.69) is 15.4 Å². The molecule has 1 aromatic carbocycles. The number of rotatable bonds is 3. The lowest BCUT2D eigenvalue weighted by atomic mass is 10.1. The van der Waals surface area contributed by atoms with Crippen LogP contribution in [-0.2, 0) is 20.7 Å². The molecule has 0 saturated carbocycles. The predicted molar refractivity (Wildman–Crippen MR) is 67.7 cm³/mol. The minimum absolute atomic E-state index is 0.0875. The van der Waals surface area contributed by atoms with E-state index in [0.717, 1.165) is 5.56 Å².